The highest BCUT2D eigenvalue weighted by molar-refractivity contribution is 5.89. The highest BCUT2D eigenvalue weighted by Crippen LogP contribution is 2.16. The van der Waals surface area contributed by atoms with Crippen molar-refractivity contribution in [3.05, 3.63) is 24.3 Å². The van der Waals surface area contributed by atoms with Crippen molar-refractivity contribution in [2.24, 2.45) is 0 Å². The molecule has 0 aromatic heterocycles. The Morgan fingerprint density at radius 3 is 2.00 bits per heavy atom. The topological polar surface area (TPSA) is 35.6 Å². The second kappa shape index (κ2) is 7.67. The van der Waals surface area contributed by atoms with E-state index in [-0.39, 0.29) is 6.03 Å². The Kier molecular flexibility index (Phi) is 6.19. The van der Waals surface area contributed by atoms with Gasteiger partial charge in [-0.1, -0.05) is 13.8 Å². The summed E-state index contributed by atoms with van der Waals surface area (Å²) in [6.07, 6.45) is 1.96. The fourth-order valence-corrected chi connectivity index (χ4v) is 1.90. The second-order valence-corrected chi connectivity index (χ2v) is 4.86. The molecule has 0 aliphatic rings. The molecule has 1 aromatic carbocycles. The van der Waals surface area contributed by atoms with Gasteiger partial charge in [0, 0.05) is 38.6 Å². The zero-order valence-electron chi connectivity index (χ0n) is 12.4. The fourth-order valence-electron chi connectivity index (χ4n) is 1.90. The molecule has 1 rings (SSSR count). The summed E-state index contributed by atoms with van der Waals surface area (Å²) in [5, 5.41) is 2.95. The number of hydrogen-bond acceptors (Lipinski definition) is 2. The summed E-state index contributed by atoms with van der Waals surface area (Å²) in [4.78, 5) is 16.0. The quantitative estimate of drug-likeness (QED) is 0.853. The predicted octanol–water partition coefficient (Wildman–Crippen LogP) is 3.41. The number of carbonyl (C=O) groups excluding carboxylic acids is 1. The summed E-state index contributed by atoms with van der Waals surface area (Å²) < 4.78 is 0. The molecule has 4 heteroatoms. The van der Waals surface area contributed by atoms with Crippen LogP contribution < -0.4 is 10.2 Å². The minimum absolute atomic E-state index is 0.0127. The Morgan fingerprint density at radius 2 is 1.58 bits per heavy atom. The first kappa shape index (κ1) is 15.3. The lowest BCUT2D eigenvalue weighted by atomic mass is 10.2. The third kappa shape index (κ3) is 4.81. The van der Waals surface area contributed by atoms with Gasteiger partial charge in [-0.15, -0.1) is 0 Å². The molecule has 0 saturated heterocycles. The van der Waals surface area contributed by atoms with Crippen LogP contribution in [0.15, 0.2) is 24.3 Å². The van der Waals surface area contributed by atoms with Crippen molar-refractivity contribution in [3.8, 4) is 0 Å². The maximum atomic E-state index is 12.1. The summed E-state index contributed by atoms with van der Waals surface area (Å²) in [6.45, 7) is 5.77. The van der Waals surface area contributed by atoms with Gasteiger partial charge in [-0.25, -0.2) is 4.79 Å². The molecule has 0 aliphatic heterocycles. The van der Waals surface area contributed by atoms with Crippen molar-refractivity contribution < 1.29 is 4.79 Å². The van der Waals surface area contributed by atoms with Crippen LogP contribution in [0, 0.1) is 0 Å². The van der Waals surface area contributed by atoms with Crippen LogP contribution in [0.3, 0.4) is 0 Å². The molecule has 0 unspecified atom stereocenters. The molecule has 2 amide bonds. The van der Waals surface area contributed by atoms with Gasteiger partial charge in [0.05, 0.1) is 0 Å². The van der Waals surface area contributed by atoms with Crippen molar-refractivity contribution in [2.75, 3.05) is 37.4 Å². The summed E-state index contributed by atoms with van der Waals surface area (Å²) in [5.74, 6) is 0. The Balaban J connectivity index is 2.64. The van der Waals surface area contributed by atoms with Crippen molar-refractivity contribution in [1.29, 1.82) is 0 Å². The zero-order chi connectivity index (χ0) is 14.3. The molecule has 4 nitrogen and oxygen atoms in total. The zero-order valence-corrected chi connectivity index (χ0v) is 12.4. The number of amides is 2. The SMILES string of the molecule is CCCN(CCC)C(=O)Nc1ccc(N(C)C)cc1. The third-order valence-corrected chi connectivity index (χ3v) is 2.91. The highest BCUT2D eigenvalue weighted by atomic mass is 16.2. The second-order valence-electron chi connectivity index (χ2n) is 4.86. The number of hydrogen-bond donors (Lipinski definition) is 1. The maximum Gasteiger partial charge on any atom is 0.321 e. The van der Waals surface area contributed by atoms with Gasteiger partial charge in [-0.3, -0.25) is 0 Å². The number of rotatable bonds is 6. The number of nitrogens with zero attached hydrogens (tertiary/aromatic N) is 2. The van der Waals surface area contributed by atoms with E-state index in [9.17, 15) is 4.79 Å². The van der Waals surface area contributed by atoms with Crippen LogP contribution in [0.4, 0.5) is 16.2 Å². The Morgan fingerprint density at radius 1 is 1.05 bits per heavy atom. The molecule has 0 spiro atoms. The van der Waals surface area contributed by atoms with Gasteiger partial charge in [0.1, 0.15) is 0 Å². The Bertz CT molecular complexity index is 381. The van der Waals surface area contributed by atoms with Gasteiger partial charge in [-0.2, -0.15) is 0 Å². The van der Waals surface area contributed by atoms with Gasteiger partial charge in [0.2, 0.25) is 0 Å². The Labute approximate surface area is 116 Å². The van der Waals surface area contributed by atoms with E-state index in [1.807, 2.05) is 48.2 Å². The average molecular weight is 263 g/mol. The van der Waals surface area contributed by atoms with Crippen LogP contribution >= 0.6 is 0 Å². The first-order chi connectivity index (χ1) is 9.08. The lowest BCUT2D eigenvalue weighted by Gasteiger charge is -2.22. The van der Waals surface area contributed by atoms with Crippen LogP contribution in [-0.4, -0.2) is 38.1 Å². The minimum Gasteiger partial charge on any atom is -0.378 e. The molecular formula is C15H25N3O. The number of carbonyl (C=O) groups is 1. The molecule has 106 valence electrons. The number of benzene rings is 1. The van der Waals surface area contributed by atoms with Crippen molar-refractivity contribution in [1.82, 2.24) is 4.90 Å². The van der Waals surface area contributed by atoms with E-state index in [1.54, 1.807) is 0 Å². The van der Waals surface area contributed by atoms with E-state index < -0.39 is 0 Å². The van der Waals surface area contributed by atoms with Gasteiger partial charge >= 0.3 is 6.03 Å². The van der Waals surface area contributed by atoms with E-state index >= 15 is 0 Å². The molecule has 19 heavy (non-hydrogen) atoms. The average Bonchev–Trinajstić information content (AvgIpc) is 2.39. The summed E-state index contributed by atoms with van der Waals surface area (Å²) in [5.41, 5.74) is 1.96. The van der Waals surface area contributed by atoms with Gasteiger partial charge in [0.25, 0.3) is 0 Å². The van der Waals surface area contributed by atoms with Gasteiger partial charge < -0.3 is 15.1 Å². The molecule has 1 aromatic rings. The van der Waals surface area contributed by atoms with Crippen LogP contribution in [0.25, 0.3) is 0 Å². The first-order valence-corrected chi connectivity index (χ1v) is 6.91. The van der Waals surface area contributed by atoms with Crippen LogP contribution in [0.2, 0.25) is 0 Å². The third-order valence-electron chi connectivity index (χ3n) is 2.91. The fraction of sp³-hybridized carbons (Fsp3) is 0.533. The lowest BCUT2D eigenvalue weighted by Crippen LogP contribution is -2.36. The van der Waals surface area contributed by atoms with Gasteiger partial charge in [0.15, 0.2) is 0 Å². The minimum atomic E-state index is -0.0127. The molecule has 1 N–H and O–H groups in total. The molecule has 0 fully saturated rings. The standard InChI is InChI=1S/C15H25N3O/c1-5-11-18(12-6-2)15(19)16-13-7-9-14(10-8-13)17(3)4/h7-10H,5-6,11-12H2,1-4H3,(H,16,19). The van der Waals surface area contributed by atoms with E-state index in [0.717, 1.165) is 37.3 Å². The maximum absolute atomic E-state index is 12.1. The molecule has 0 saturated carbocycles. The lowest BCUT2D eigenvalue weighted by molar-refractivity contribution is 0.211. The molecular weight excluding hydrogens is 238 g/mol. The van der Waals surface area contributed by atoms with Crippen LogP contribution in [0.5, 0.6) is 0 Å². The highest BCUT2D eigenvalue weighted by Gasteiger charge is 2.11. The number of urea groups is 1. The normalized spacial score (nSPS) is 10.1. The van der Waals surface area contributed by atoms with E-state index in [1.165, 1.54) is 0 Å². The van der Waals surface area contributed by atoms with E-state index in [0.29, 0.717) is 0 Å². The molecule has 0 aliphatic carbocycles. The van der Waals surface area contributed by atoms with E-state index in [2.05, 4.69) is 19.2 Å². The van der Waals surface area contributed by atoms with Crippen molar-refractivity contribution in [3.63, 3.8) is 0 Å². The summed E-state index contributed by atoms with van der Waals surface area (Å²) >= 11 is 0. The van der Waals surface area contributed by atoms with Crippen molar-refractivity contribution >= 4 is 17.4 Å². The molecule has 0 atom stereocenters. The smallest absolute Gasteiger partial charge is 0.321 e. The van der Waals surface area contributed by atoms with Gasteiger partial charge in [-0.05, 0) is 37.1 Å². The summed E-state index contributed by atoms with van der Waals surface area (Å²) in [7, 11) is 4.00. The van der Waals surface area contributed by atoms with Crippen LogP contribution in [-0.2, 0) is 0 Å². The van der Waals surface area contributed by atoms with E-state index in [4.69, 9.17) is 0 Å². The first-order valence-electron chi connectivity index (χ1n) is 6.91. The number of nitrogens with one attached hydrogen (secondary N) is 1. The molecule has 0 radical (unpaired) electrons. The van der Waals surface area contributed by atoms with Crippen molar-refractivity contribution in [2.45, 2.75) is 26.7 Å². The number of anilines is 2. The predicted molar refractivity (Wildman–Crippen MR) is 81.9 cm³/mol. The largest absolute Gasteiger partial charge is 0.378 e. The van der Waals surface area contributed by atoms with Crippen LogP contribution in [0.1, 0.15) is 26.7 Å². The Hall–Kier alpha value is -1.71. The molecule has 0 heterocycles. The molecule has 0 bridgehead atoms. The summed E-state index contributed by atoms with van der Waals surface area (Å²) in [6, 6.07) is 7.85. The monoisotopic (exact) mass is 263 g/mol.